The summed E-state index contributed by atoms with van der Waals surface area (Å²) in [5.41, 5.74) is 0. The molecule has 0 fully saturated rings. The van der Waals surface area contributed by atoms with Crippen LogP contribution in [0.1, 0.15) is 20.8 Å². The number of hydrogen-bond acceptors (Lipinski definition) is 3. The molecule has 0 aliphatic rings. The van der Waals surface area contributed by atoms with Crippen molar-refractivity contribution in [3.63, 3.8) is 0 Å². The lowest BCUT2D eigenvalue weighted by Crippen LogP contribution is -2.16. The molecule has 1 atom stereocenters. The number of rotatable bonds is 6. The van der Waals surface area contributed by atoms with E-state index in [-0.39, 0.29) is 6.10 Å². The summed E-state index contributed by atoms with van der Waals surface area (Å²) in [6.45, 7) is 8.41. The van der Waals surface area contributed by atoms with E-state index < -0.39 is 0 Å². The molecule has 0 radical (unpaired) electrons. The molecule has 0 heterocycles. The SMILES string of the molecule is CCN(/C=C/C(C)OC=O)CC. The van der Waals surface area contributed by atoms with E-state index >= 15 is 0 Å². The highest BCUT2D eigenvalue weighted by Crippen LogP contribution is 1.94. The van der Waals surface area contributed by atoms with Crippen LogP contribution in [0.15, 0.2) is 12.3 Å². The third-order valence-electron chi connectivity index (χ3n) is 1.65. The summed E-state index contributed by atoms with van der Waals surface area (Å²) in [6, 6.07) is 0. The van der Waals surface area contributed by atoms with Crippen molar-refractivity contribution < 1.29 is 9.53 Å². The van der Waals surface area contributed by atoms with Gasteiger partial charge in [0, 0.05) is 13.1 Å². The summed E-state index contributed by atoms with van der Waals surface area (Å²) in [6.07, 6.45) is 3.68. The van der Waals surface area contributed by atoms with Gasteiger partial charge in [-0.3, -0.25) is 4.79 Å². The van der Waals surface area contributed by atoms with Crippen molar-refractivity contribution in [1.82, 2.24) is 4.90 Å². The van der Waals surface area contributed by atoms with Crippen LogP contribution in [0.25, 0.3) is 0 Å². The van der Waals surface area contributed by atoms with Gasteiger partial charge in [0.1, 0.15) is 6.10 Å². The van der Waals surface area contributed by atoms with Crippen LogP contribution in [-0.4, -0.2) is 30.6 Å². The fraction of sp³-hybridized carbons (Fsp3) is 0.667. The predicted octanol–water partition coefficient (Wildman–Crippen LogP) is 1.40. The van der Waals surface area contributed by atoms with E-state index in [9.17, 15) is 4.79 Å². The maximum atomic E-state index is 9.93. The Morgan fingerprint density at radius 1 is 1.42 bits per heavy atom. The molecule has 0 aliphatic carbocycles. The zero-order valence-electron chi connectivity index (χ0n) is 7.99. The van der Waals surface area contributed by atoms with Crippen LogP contribution < -0.4 is 0 Å². The quantitative estimate of drug-likeness (QED) is 0.566. The zero-order valence-corrected chi connectivity index (χ0v) is 7.99. The average Bonchev–Trinajstić information content (AvgIpc) is 2.07. The summed E-state index contributed by atoms with van der Waals surface area (Å²) in [4.78, 5) is 12.1. The van der Waals surface area contributed by atoms with Crippen LogP contribution in [-0.2, 0) is 9.53 Å². The van der Waals surface area contributed by atoms with E-state index in [2.05, 4.69) is 23.5 Å². The number of carbonyl (C=O) groups is 1. The second kappa shape index (κ2) is 6.70. The number of hydrogen-bond donors (Lipinski definition) is 0. The largest absolute Gasteiger partial charge is 0.461 e. The molecular weight excluding hydrogens is 154 g/mol. The normalized spacial score (nSPS) is 12.9. The van der Waals surface area contributed by atoms with Crippen LogP contribution >= 0.6 is 0 Å². The second-order valence-electron chi connectivity index (χ2n) is 2.50. The van der Waals surface area contributed by atoms with Gasteiger partial charge < -0.3 is 9.64 Å². The molecule has 0 saturated heterocycles. The minimum atomic E-state index is -0.136. The van der Waals surface area contributed by atoms with E-state index in [0.717, 1.165) is 13.1 Å². The van der Waals surface area contributed by atoms with E-state index in [1.54, 1.807) is 0 Å². The molecule has 0 aromatic heterocycles. The van der Waals surface area contributed by atoms with Crippen LogP contribution in [0.3, 0.4) is 0 Å². The smallest absolute Gasteiger partial charge is 0.293 e. The van der Waals surface area contributed by atoms with E-state index in [1.165, 1.54) is 0 Å². The molecule has 0 aromatic carbocycles. The minimum absolute atomic E-state index is 0.136. The lowest BCUT2D eigenvalue weighted by Gasteiger charge is -2.15. The predicted molar refractivity (Wildman–Crippen MR) is 48.7 cm³/mol. The molecule has 0 bridgehead atoms. The first-order chi connectivity index (χ1) is 5.74. The Balaban J connectivity index is 3.76. The van der Waals surface area contributed by atoms with Crippen molar-refractivity contribution in [2.24, 2.45) is 0 Å². The molecule has 0 spiro atoms. The minimum Gasteiger partial charge on any atom is -0.461 e. The molecule has 0 aromatic rings. The summed E-state index contributed by atoms with van der Waals surface area (Å²) in [5, 5.41) is 0. The Morgan fingerprint density at radius 2 is 2.00 bits per heavy atom. The lowest BCUT2D eigenvalue weighted by molar-refractivity contribution is -0.130. The second-order valence-corrected chi connectivity index (χ2v) is 2.50. The Bertz CT molecular complexity index is 141. The highest BCUT2D eigenvalue weighted by molar-refractivity contribution is 5.37. The van der Waals surface area contributed by atoms with E-state index in [0.29, 0.717) is 6.47 Å². The molecule has 3 nitrogen and oxygen atoms in total. The number of nitrogens with zero attached hydrogens (tertiary/aromatic N) is 1. The van der Waals surface area contributed by atoms with Gasteiger partial charge in [-0.25, -0.2) is 0 Å². The summed E-state index contributed by atoms with van der Waals surface area (Å²) < 4.78 is 4.69. The lowest BCUT2D eigenvalue weighted by atomic mass is 10.4. The van der Waals surface area contributed by atoms with Crippen molar-refractivity contribution >= 4 is 6.47 Å². The van der Waals surface area contributed by atoms with Gasteiger partial charge in [0.05, 0.1) is 0 Å². The topological polar surface area (TPSA) is 29.5 Å². The first kappa shape index (κ1) is 11.0. The van der Waals surface area contributed by atoms with Crippen LogP contribution in [0, 0.1) is 0 Å². The van der Waals surface area contributed by atoms with Crippen LogP contribution in [0.4, 0.5) is 0 Å². The van der Waals surface area contributed by atoms with Crippen molar-refractivity contribution in [2.45, 2.75) is 26.9 Å². The van der Waals surface area contributed by atoms with Gasteiger partial charge >= 0.3 is 0 Å². The Labute approximate surface area is 74.0 Å². The standard InChI is InChI=1S/C9H17NO2/c1-4-10(5-2)7-6-9(3)12-8-11/h6-9H,4-5H2,1-3H3/b7-6+. The van der Waals surface area contributed by atoms with Crippen molar-refractivity contribution in [3.05, 3.63) is 12.3 Å². The van der Waals surface area contributed by atoms with E-state index in [4.69, 9.17) is 0 Å². The van der Waals surface area contributed by atoms with Gasteiger partial charge in [-0.1, -0.05) is 0 Å². The molecule has 0 rings (SSSR count). The maximum Gasteiger partial charge on any atom is 0.293 e. The van der Waals surface area contributed by atoms with Crippen LogP contribution in [0.5, 0.6) is 0 Å². The zero-order chi connectivity index (χ0) is 9.40. The molecule has 12 heavy (non-hydrogen) atoms. The van der Waals surface area contributed by atoms with Crippen molar-refractivity contribution in [3.8, 4) is 0 Å². The summed E-state index contributed by atoms with van der Waals surface area (Å²) >= 11 is 0. The fourth-order valence-corrected chi connectivity index (χ4v) is 0.810. The fourth-order valence-electron chi connectivity index (χ4n) is 0.810. The van der Waals surface area contributed by atoms with Gasteiger partial charge in [-0.2, -0.15) is 0 Å². The van der Waals surface area contributed by atoms with Crippen molar-refractivity contribution in [2.75, 3.05) is 13.1 Å². The highest BCUT2D eigenvalue weighted by atomic mass is 16.5. The van der Waals surface area contributed by atoms with Gasteiger partial charge in [0.15, 0.2) is 0 Å². The third kappa shape index (κ3) is 4.77. The van der Waals surface area contributed by atoms with Gasteiger partial charge in [0.2, 0.25) is 0 Å². The van der Waals surface area contributed by atoms with Gasteiger partial charge in [-0.05, 0) is 33.0 Å². The molecule has 0 aliphatic heterocycles. The molecule has 0 amide bonds. The van der Waals surface area contributed by atoms with E-state index in [1.807, 2.05) is 19.2 Å². The molecular formula is C9H17NO2. The first-order valence-electron chi connectivity index (χ1n) is 4.26. The Kier molecular flexibility index (Phi) is 6.15. The first-order valence-corrected chi connectivity index (χ1v) is 4.26. The molecule has 1 unspecified atom stereocenters. The summed E-state index contributed by atoms with van der Waals surface area (Å²) in [7, 11) is 0. The monoisotopic (exact) mass is 171 g/mol. The Hall–Kier alpha value is -0.990. The molecule has 0 N–H and O–H groups in total. The van der Waals surface area contributed by atoms with Gasteiger partial charge in [-0.15, -0.1) is 0 Å². The molecule has 0 saturated carbocycles. The van der Waals surface area contributed by atoms with Crippen LogP contribution in [0.2, 0.25) is 0 Å². The average molecular weight is 171 g/mol. The van der Waals surface area contributed by atoms with Gasteiger partial charge in [0.25, 0.3) is 6.47 Å². The molecule has 70 valence electrons. The highest BCUT2D eigenvalue weighted by Gasteiger charge is 1.95. The number of ether oxygens (including phenoxy) is 1. The van der Waals surface area contributed by atoms with Crippen molar-refractivity contribution in [1.29, 1.82) is 0 Å². The number of carbonyl (C=O) groups excluding carboxylic acids is 1. The third-order valence-corrected chi connectivity index (χ3v) is 1.65. The molecule has 3 heteroatoms. The summed E-state index contributed by atoms with van der Waals surface area (Å²) in [5.74, 6) is 0. The maximum absolute atomic E-state index is 9.93. The Morgan fingerprint density at radius 3 is 2.42 bits per heavy atom.